The molecule has 0 fully saturated rings. The Balaban J connectivity index is 1.84. The van der Waals surface area contributed by atoms with Crippen LogP contribution in [0.4, 0.5) is 27.6 Å². The first kappa shape index (κ1) is 17.6. The molecule has 1 aromatic carbocycles. The van der Waals surface area contributed by atoms with E-state index in [2.05, 4.69) is 15.3 Å². The topological polar surface area (TPSA) is 47.0 Å². The van der Waals surface area contributed by atoms with Crippen molar-refractivity contribution in [1.29, 1.82) is 0 Å². The molecule has 0 saturated carbocycles. The van der Waals surface area contributed by atoms with E-state index in [0.717, 1.165) is 6.07 Å². The van der Waals surface area contributed by atoms with Gasteiger partial charge in [-0.2, -0.15) is 22.5 Å². The van der Waals surface area contributed by atoms with Crippen molar-refractivity contribution in [2.75, 3.05) is 5.32 Å². The molecule has 0 aliphatic rings. The van der Waals surface area contributed by atoms with E-state index in [9.17, 15) is 22.0 Å². The highest BCUT2D eigenvalue weighted by Gasteiger charge is 2.21. The third-order valence-corrected chi connectivity index (χ3v) is 3.31. The average molecular weight is 367 g/mol. The van der Waals surface area contributed by atoms with Gasteiger partial charge in [0.05, 0.1) is 0 Å². The van der Waals surface area contributed by atoms with Gasteiger partial charge >= 0.3 is 0 Å². The molecule has 0 amide bonds. The SMILES string of the molecule is Fc1cccc(Oc2ncccc2CNc2c(F)c(F)nc(F)c2F)c1. The number of pyridine rings is 2. The minimum atomic E-state index is -1.77. The Morgan fingerprint density at radius 1 is 0.923 bits per heavy atom. The summed E-state index contributed by atoms with van der Waals surface area (Å²) in [5, 5.41) is 2.25. The molecule has 3 rings (SSSR count). The minimum absolute atomic E-state index is 0.0291. The predicted octanol–water partition coefficient (Wildman–Crippen LogP) is 4.58. The lowest BCUT2D eigenvalue weighted by Crippen LogP contribution is -2.10. The number of nitrogens with one attached hydrogen (secondary N) is 1. The molecule has 0 radical (unpaired) electrons. The lowest BCUT2D eigenvalue weighted by molar-refractivity contribution is 0.410. The largest absolute Gasteiger partial charge is 0.439 e. The molecular formula is C17H10F5N3O. The second-order valence-corrected chi connectivity index (χ2v) is 5.08. The van der Waals surface area contributed by atoms with Crippen LogP contribution in [0.5, 0.6) is 11.6 Å². The Morgan fingerprint density at radius 3 is 2.35 bits per heavy atom. The van der Waals surface area contributed by atoms with Gasteiger partial charge in [-0.3, -0.25) is 0 Å². The summed E-state index contributed by atoms with van der Waals surface area (Å²) in [6.45, 7) is -0.269. The van der Waals surface area contributed by atoms with Crippen LogP contribution in [-0.2, 0) is 6.54 Å². The monoisotopic (exact) mass is 367 g/mol. The quantitative estimate of drug-likeness (QED) is 0.530. The number of hydrogen-bond acceptors (Lipinski definition) is 4. The Kier molecular flexibility index (Phi) is 4.97. The van der Waals surface area contributed by atoms with Gasteiger partial charge in [-0.25, -0.2) is 9.37 Å². The number of aromatic nitrogens is 2. The number of anilines is 1. The van der Waals surface area contributed by atoms with Gasteiger partial charge in [0.25, 0.3) is 11.9 Å². The molecular weight excluding hydrogens is 357 g/mol. The van der Waals surface area contributed by atoms with Gasteiger partial charge in [-0.05, 0) is 18.2 Å². The Bertz CT molecular complexity index is 925. The van der Waals surface area contributed by atoms with Gasteiger partial charge in [-0.15, -0.1) is 0 Å². The summed E-state index contributed by atoms with van der Waals surface area (Å²) in [6, 6.07) is 8.31. The van der Waals surface area contributed by atoms with Crippen molar-refractivity contribution < 1.29 is 26.7 Å². The second-order valence-electron chi connectivity index (χ2n) is 5.08. The third-order valence-electron chi connectivity index (χ3n) is 3.31. The van der Waals surface area contributed by atoms with Gasteiger partial charge in [-0.1, -0.05) is 12.1 Å². The molecule has 3 aromatic rings. The molecule has 2 heterocycles. The van der Waals surface area contributed by atoms with Crippen LogP contribution in [0.3, 0.4) is 0 Å². The van der Waals surface area contributed by atoms with E-state index in [-0.39, 0.29) is 18.2 Å². The maximum Gasteiger partial charge on any atom is 0.253 e. The Morgan fingerprint density at radius 2 is 1.65 bits per heavy atom. The van der Waals surface area contributed by atoms with Crippen molar-refractivity contribution in [3.8, 4) is 11.6 Å². The summed E-state index contributed by atoms with van der Waals surface area (Å²) in [6.07, 6.45) is 1.39. The maximum absolute atomic E-state index is 13.6. The van der Waals surface area contributed by atoms with Crippen LogP contribution in [0, 0.1) is 29.3 Å². The highest BCUT2D eigenvalue weighted by atomic mass is 19.2. The molecule has 26 heavy (non-hydrogen) atoms. The van der Waals surface area contributed by atoms with E-state index in [4.69, 9.17) is 4.74 Å². The van der Waals surface area contributed by atoms with Gasteiger partial charge in [0, 0.05) is 24.4 Å². The number of halogens is 5. The number of benzene rings is 1. The van der Waals surface area contributed by atoms with Crippen LogP contribution in [0.15, 0.2) is 42.6 Å². The molecule has 0 aliphatic carbocycles. The smallest absolute Gasteiger partial charge is 0.253 e. The van der Waals surface area contributed by atoms with Gasteiger partial charge in [0.2, 0.25) is 17.5 Å². The summed E-state index contributed by atoms with van der Waals surface area (Å²) in [7, 11) is 0. The van der Waals surface area contributed by atoms with Crippen molar-refractivity contribution in [2.24, 2.45) is 0 Å². The van der Waals surface area contributed by atoms with Crippen LogP contribution in [0.25, 0.3) is 0 Å². The van der Waals surface area contributed by atoms with Crippen molar-refractivity contribution in [3.05, 3.63) is 77.5 Å². The summed E-state index contributed by atoms with van der Waals surface area (Å²) in [5.74, 6) is -7.18. The Labute approximate surface area is 144 Å². The standard InChI is InChI=1S/C17H10F5N3O/c18-10-4-1-5-11(7-10)26-17-9(3-2-6-23-17)8-24-14-12(19)15(21)25-16(22)13(14)20/h1-7H,8H2,(H,24,25). The molecule has 134 valence electrons. The minimum Gasteiger partial charge on any atom is -0.439 e. The lowest BCUT2D eigenvalue weighted by atomic mass is 10.2. The van der Waals surface area contributed by atoms with Crippen LogP contribution in [0.2, 0.25) is 0 Å². The van der Waals surface area contributed by atoms with Crippen molar-refractivity contribution >= 4 is 5.69 Å². The van der Waals surface area contributed by atoms with Crippen LogP contribution in [-0.4, -0.2) is 9.97 Å². The predicted molar refractivity (Wildman–Crippen MR) is 82.1 cm³/mol. The van der Waals surface area contributed by atoms with E-state index >= 15 is 0 Å². The Hall–Kier alpha value is -3.23. The average Bonchev–Trinajstić information content (AvgIpc) is 2.61. The first-order valence-electron chi connectivity index (χ1n) is 7.27. The number of ether oxygens (including phenoxy) is 1. The molecule has 9 heteroatoms. The van der Waals surface area contributed by atoms with Crippen LogP contribution < -0.4 is 10.1 Å². The zero-order chi connectivity index (χ0) is 18.7. The summed E-state index contributed by atoms with van der Waals surface area (Å²) >= 11 is 0. The van der Waals surface area contributed by atoms with Crippen molar-refractivity contribution in [3.63, 3.8) is 0 Å². The van der Waals surface area contributed by atoms with Crippen LogP contribution >= 0.6 is 0 Å². The molecule has 0 atom stereocenters. The molecule has 0 unspecified atom stereocenters. The number of rotatable bonds is 5. The van der Waals surface area contributed by atoms with Gasteiger partial charge in [0.15, 0.2) is 0 Å². The van der Waals surface area contributed by atoms with Crippen molar-refractivity contribution in [1.82, 2.24) is 9.97 Å². The summed E-state index contributed by atoms with van der Waals surface area (Å²) in [4.78, 5) is 6.44. The molecule has 0 bridgehead atoms. The molecule has 2 aromatic heterocycles. The van der Waals surface area contributed by atoms with E-state index in [1.54, 1.807) is 0 Å². The number of nitrogens with zero attached hydrogens (tertiary/aromatic N) is 2. The normalized spacial score (nSPS) is 10.7. The fourth-order valence-corrected chi connectivity index (χ4v) is 2.12. The van der Waals surface area contributed by atoms with Crippen LogP contribution in [0.1, 0.15) is 5.56 Å². The zero-order valence-electron chi connectivity index (χ0n) is 12.9. The van der Waals surface area contributed by atoms with E-state index in [1.807, 2.05) is 0 Å². The third kappa shape index (κ3) is 3.71. The van der Waals surface area contributed by atoms with Gasteiger partial charge in [0.1, 0.15) is 17.3 Å². The van der Waals surface area contributed by atoms with Crippen molar-refractivity contribution in [2.45, 2.75) is 6.54 Å². The molecule has 0 aliphatic heterocycles. The molecule has 4 nitrogen and oxygen atoms in total. The summed E-state index contributed by atoms with van der Waals surface area (Å²) in [5.41, 5.74) is -0.691. The van der Waals surface area contributed by atoms with Gasteiger partial charge < -0.3 is 10.1 Å². The first-order valence-corrected chi connectivity index (χ1v) is 7.27. The molecule has 1 N–H and O–H groups in total. The molecule has 0 saturated heterocycles. The lowest BCUT2D eigenvalue weighted by Gasteiger charge is -2.12. The fourth-order valence-electron chi connectivity index (χ4n) is 2.12. The fraction of sp³-hybridized carbons (Fsp3) is 0.0588. The molecule has 0 spiro atoms. The van der Waals surface area contributed by atoms with E-state index in [0.29, 0.717) is 5.56 Å². The number of hydrogen-bond donors (Lipinski definition) is 1. The highest BCUT2D eigenvalue weighted by molar-refractivity contribution is 5.46. The second kappa shape index (κ2) is 7.34. The highest BCUT2D eigenvalue weighted by Crippen LogP contribution is 2.26. The maximum atomic E-state index is 13.6. The summed E-state index contributed by atoms with van der Waals surface area (Å²) < 4.78 is 72.3. The van der Waals surface area contributed by atoms with E-state index in [1.165, 1.54) is 36.5 Å². The zero-order valence-corrected chi connectivity index (χ0v) is 12.9. The first-order chi connectivity index (χ1) is 12.5. The van der Waals surface area contributed by atoms with E-state index < -0.39 is 35.0 Å².